The van der Waals surface area contributed by atoms with Gasteiger partial charge in [-0.15, -0.1) is 0 Å². The Hall–Kier alpha value is -2.87. The third-order valence-corrected chi connectivity index (χ3v) is 6.79. The Bertz CT molecular complexity index is 1100. The number of hydrogen-bond donors (Lipinski definition) is 1. The van der Waals surface area contributed by atoms with Crippen LogP contribution in [-0.4, -0.2) is 50.5 Å². The highest BCUT2D eigenvalue weighted by molar-refractivity contribution is 7.92. The van der Waals surface area contributed by atoms with Gasteiger partial charge < -0.3 is 10.2 Å². The first-order chi connectivity index (χ1) is 16.0. The van der Waals surface area contributed by atoms with Crippen LogP contribution >= 0.6 is 0 Å². The summed E-state index contributed by atoms with van der Waals surface area (Å²) in [5, 5.41) is 2.84. The number of sulfonamides is 1. The van der Waals surface area contributed by atoms with E-state index in [1.165, 1.54) is 4.90 Å². The Morgan fingerprint density at radius 1 is 1.03 bits per heavy atom. The number of nitrogens with zero attached hydrogens (tertiary/aromatic N) is 2. The summed E-state index contributed by atoms with van der Waals surface area (Å²) in [6.07, 6.45) is 1.87. The normalized spacial score (nSPS) is 12.3. The van der Waals surface area contributed by atoms with Crippen molar-refractivity contribution in [2.24, 2.45) is 0 Å². The van der Waals surface area contributed by atoms with Crippen molar-refractivity contribution in [1.82, 2.24) is 10.2 Å². The number of rotatable bonds is 11. The number of anilines is 1. The number of carbonyl (C=O) groups is 2. The molecule has 1 N–H and O–H groups in total. The van der Waals surface area contributed by atoms with Crippen molar-refractivity contribution in [2.45, 2.75) is 59.5 Å². The van der Waals surface area contributed by atoms with Crippen LogP contribution in [0.4, 0.5) is 5.69 Å². The highest BCUT2D eigenvalue weighted by Gasteiger charge is 2.31. The fourth-order valence-electron chi connectivity index (χ4n) is 3.78. The summed E-state index contributed by atoms with van der Waals surface area (Å²) in [5.74, 6) is -0.640. The minimum Gasteiger partial charge on any atom is -0.354 e. The van der Waals surface area contributed by atoms with E-state index in [9.17, 15) is 18.0 Å². The first kappa shape index (κ1) is 27.4. The zero-order chi connectivity index (χ0) is 25.5. The van der Waals surface area contributed by atoms with Gasteiger partial charge >= 0.3 is 0 Å². The van der Waals surface area contributed by atoms with E-state index in [1.807, 2.05) is 64.1 Å². The maximum atomic E-state index is 13.6. The molecule has 7 nitrogen and oxygen atoms in total. The van der Waals surface area contributed by atoms with E-state index in [2.05, 4.69) is 5.32 Å². The number of amides is 2. The number of hydrogen-bond acceptors (Lipinski definition) is 4. The Labute approximate surface area is 204 Å². The van der Waals surface area contributed by atoms with Gasteiger partial charge in [-0.1, -0.05) is 68.8 Å². The Morgan fingerprint density at radius 3 is 2.29 bits per heavy atom. The van der Waals surface area contributed by atoms with Crippen LogP contribution in [0.3, 0.4) is 0 Å². The largest absolute Gasteiger partial charge is 0.354 e. The average Bonchev–Trinajstić information content (AvgIpc) is 2.78. The first-order valence-electron chi connectivity index (χ1n) is 11.6. The molecular formula is C26H37N3O4S. The number of benzene rings is 2. The van der Waals surface area contributed by atoms with Gasteiger partial charge in [0.15, 0.2) is 0 Å². The molecule has 0 aliphatic heterocycles. The van der Waals surface area contributed by atoms with Crippen LogP contribution < -0.4 is 9.62 Å². The molecule has 0 bridgehead atoms. The number of para-hydroxylation sites is 1. The summed E-state index contributed by atoms with van der Waals surface area (Å²) in [6, 6.07) is 14.1. The summed E-state index contributed by atoms with van der Waals surface area (Å²) in [5.41, 5.74) is 3.22. The molecule has 1 atom stereocenters. The molecule has 0 spiro atoms. The van der Waals surface area contributed by atoms with Crippen molar-refractivity contribution in [3.63, 3.8) is 0 Å². The van der Waals surface area contributed by atoms with Crippen molar-refractivity contribution in [1.29, 1.82) is 0 Å². The molecule has 8 heteroatoms. The summed E-state index contributed by atoms with van der Waals surface area (Å²) in [7, 11) is -3.76. The lowest BCUT2D eigenvalue weighted by Gasteiger charge is -2.32. The predicted molar refractivity (Wildman–Crippen MR) is 137 cm³/mol. The lowest BCUT2D eigenvalue weighted by Crippen LogP contribution is -2.51. The van der Waals surface area contributed by atoms with Crippen LogP contribution in [0, 0.1) is 6.92 Å². The fourth-order valence-corrected chi connectivity index (χ4v) is 4.65. The molecule has 0 heterocycles. The molecule has 0 radical (unpaired) electrons. The average molecular weight is 488 g/mol. The second-order valence-electron chi connectivity index (χ2n) is 8.96. The van der Waals surface area contributed by atoms with Gasteiger partial charge in [-0.2, -0.15) is 0 Å². The third-order valence-electron chi connectivity index (χ3n) is 5.66. The molecule has 0 saturated heterocycles. The highest BCUT2D eigenvalue weighted by Crippen LogP contribution is 2.29. The van der Waals surface area contributed by atoms with Crippen LogP contribution in [0.25, 0.3) is 0 Å². The molecule has 0 fully saturated rings. The Morgan fingerprint density at radius 2 is 1.71 bits per heavy atom. The zero-order valence-corrected chi connectivity index (χ0v) is 21.9. The van der Waals surface area contributed by atoms with Crippen LogP contribution in [-0.2, 0) is 26.2 Å². The van der Waals surface area contributed by atoms with Gasteiger partial charge in [-0.25, -0.2) is 8.42 Å². The molecule has 2 amide bonds. The summed E-state index contributed by atoms with van der Waals surface area (Å²) in [4.78, 5) is 27.8. The quantitative estimate of drug-likeness (QED) is 0.522. The van der Waals surface area contributed by atoms with E-state index in [1.54, 1.807) is 19.1 Å². The van der Waals surface area contributed by atoms with Crippen molar-refractivity contribution < 1.29 is 18.0 Å². The smallest absolute Gasteiger partial charge is 0.244 e. The first-order valence-corrected chi connectivity index (χ1v) is 13.5. The van der Waals surface area contributed by atoms with Gasteiger partial charge in [-0.05, 0) is 43.4 Å². The number of aryl methyl sites for hydroxylation is 1. The van der Waals surface area contributed by atoms with Crippen LogP contribution in [0.1, 0.15) is 56.7 Å². The van der Waals surface area contributed by atoms with Crippen LogP contribution in [0.2, 0.25) is 0 Å². The summed E-state index contributed by atoms with van der Waals surface area (Å²) in [6.45, 7) is 9.86. The molecule has 186 valence electrons. The molecule has 2 aromatic rings. The van der Waals surface area contributed by atoms with Crippen LogP contribution in [0.5, 0.6) is 0 Å². The van der Waals surface area contributed by atoms with Gasteiger partial charge in [0.05, 0.1) is 11.9 Å². The SMILES string of the molecule is CCCNC(=O)[C@H](C)N(Cc1cccc(C)c1)C(=O)CN(c1ccccc1C(C)C)S(C)(=O)=O. The molecular weight excluding hydrogens is 450 g/mol. The lowest BCUT2D eigenvalue weighted by molar-refractivity contribution is -0.139. The molecule has 2 rings (SSSR count). The minimum absolute atomic E-state index is 0.0673. The molecule has 34 heavy (non-hydrogen) atoms. The van der Waals surface area contributed by atoms with Crippen molar-refractivity contribution >= 4 is 27.5 Å². The van der Waals surface area contributed by atoms with E-state index in [0.29, 0.717) is 12.2 Å². The highest BCUT2D eigenvalue weighted by atomic mass is 32.2. The van der Waals surface area contributed by atoms with E-state index in [-0.39, 0.29) is 24.9 Å². The summed E-state index contributed by atoms with van der Waals surface area (Å²) < 4.78 is 26.7. The van der Waals surface area contributed by atoms with E-state index < -0.39 is 22.0 Å². The van der Waals surface area contributed by atoms with Crippen molar-refractivity contribution in [2.75, 3.05) is 23.7 Å². The molecule has 0 unspecified atom stereocenters. The second kappa shape index (κ2) is 12.0. The molecule has 0 saturated carbocycles. The van der Waals surface area contributed by atoms with Crippen molar-refractivity contribution in [3.8, 4) is 0 Å². The monoisotopic (exact) mass is 487 g/mol. The molecule has 0 aliphatic carbocycles. The Kier molecular flexibility index (Phi) is 9.67. The van der Waals surface area contributed by atoms with Gasteiger partial charge in [-0.3, -0.25) is 13.9 Å². The van der Waals surface area contributed by atoms with E-state index in [0.717, 1.165) is 33.7 Å². The third kappa shape index (κ3) is 7.32. The zero-order valence-electron chi connectivity index (χ0n) is 21.0. The van der Waals surface area contributed by atoms with Gasteiger partial charge in [0, 0.05) is 13.1 Å². The molecule has 2 aromatic carbocycles. The van der Waals surface area contributed by atoms with Crippen molar-refractivity contribution in [3.05, 3.63) is 65.2 Å². The number of nitrogens with one attached hydrogen (secondary N) is 1. The van der Waals surface area contributed by atoms with Gasteiger partial charge in [0.25, 0.3) is 0 Å². The van der Waals surface area contributed by atoms with Gasteiger partial charge in [0.2, 0.25) is 21.8 Å². The van der Waals surface area contributed by atoms with E-state index >= 15 is 0 Å². The maximum absolute atomic E-state index is 13.6. The lowest BCUT2D eigenvalue weighted by atomic mass is 10.0. The van der Waals surface area contributed by atoms with E-state index in [4.69, 9.17) is 0 Å². The maximum Gasteiger partial charge on any atom is 0.244 e. The molecule has 0 aliphatic rings. The summed E-state index contributed by atoms with van der Waals surface area (Å²) >= 11 is 0. The predicted octanol–water partition coefficient (Wildman–Crippen LogP) is 3.83. The standard InChI is InChI=1S/C26H37N3O4S/c1-7-15-27-26(31)21(5)28(17-22-12-10-11-20(4)16-22)25(30)18-29(34(6,32)33)24-14-9-8-13-23(24)19(2)3/h8-14,16,19,21H,7,15,17-18H2,1-6H3,(H,27,31)/t21-/m0/s1. The topological polar surface area (TPSA) is 86.8 Å². The number of carbonyl (C=O) groups excluding carboxylic acids is 2. The molecule has 0 aromatic heterocycles. The second-order valence-corrected chi connectivity index (χ2v) is 10.9. The van der Waals surface area contributed by atoms with Gasteiger partial charge in [0.1, 0.15) is 12.6 Å². The van der Waals surface area contributed by atoms with Crippen LogP contribution in [0.15, 0.2) is 48.5 Å². The minimum atomic E-state index is -3.76. The Balaban J connectivity index is 2.44. The fraction of sp³-hybridized carbons (Fsp3) is 0.462.